The fourth-order valence-corrected chi connectivity index (χ4v) is 4.75. The van der Waals surface area contributed by atoms with Gasteiger partial charge in [0.05, 0.1) is 11.5 Å². The first-order valence-electron chi connectivity index (χ1n) is 10.8. The van der Waals surface area contributed by atoms with Crippen LogP contribution in [-0.4, -0.2) is 23.2 Å². The van der Waals surface area contributed by atoms with Crippen molar-refractivity contribution < 1.29 is 19.2 Å². The third-order valence-corrected chi connectivity index (χ3v) is 6.06. The number of hydrogen-bond acceptors (Lipinski definition) is 5. The molecule has 166 valence electrons. The summed E-state index contributed by atoms with van der Waals surface area (Å²) in [6.07, 6.45) is 0.933. The minimum Gasteiger partial charge on any atom is -0.494 e. The minimum atomic E-state index is -0.489. The van der Waals surface area contributed by atoms with Gasteiger partial charge < -0.3 is 4.74 Å². The standard InChI is InChI=1S/C25H26N2O5/c1-4-32-17-11-9-16(10-12-17)18-13-23(29)26(19-7-5-6-8-20(19)27(30)31)21-14-25(2,3)15-22(28)24(18)21/h5-12,18H,4,13-15H2,1-3H3. The Hall–Kier alpha value is -3.48. The van der Waals surface area contributed by atoms with Gasteiger partial charge in [-0.05, 0) is 42.5 Å². The van der Waals surface area contributed by atoms with Gasteiger partial charge in [0.15, 0.2) is 5.78 Å². The van der Waals surface area contributed by atoms with E-state index in [0.717, 1.165) is 11.3 Å². The summed E-state index contributed by atoms with van der Waals surface area (Å²) in [5.41, 5.74) is 1.75. The molecule has 1 heterocycles. The number of carbonyl (C=O) groups excluding carboxylic acids is 2. The van der Waals surface area contributed by atoms with Crippen molar-refractivity contribution in [2.75, 3.05) is 11.5 Å². The van der Waals surface area contributed by atoms with Gasteiger partial charge in [-0.25, -0.2) is 0 Å². The average molecular weight is 434 g/mol. The summed E-state index contributed by atoms with van der Waals surface area (Å²) in [7, 11) is 0. The summed E-state index contributed by atoms with van der Waals surface area (Å²) in [4.78, 5) is 39.4. The molecule has 2 aliphatic rings. The summed E-state index contributed by atoms with van der Waals surface area (Å²) in [5.74, 6) is 0.0923. The van der Waals surface area contributed by atoms with Crippen LogP contribution < -0.4 is 9.64 Å². The quantitative estimate of drug-likeness (QED) is 0.479. The van der Waals surface area contributed by atoms with Crippen molar-refractivity contribution in [3.63, 3.8) is 0 Å². The zero-order valence-corrected chi connectivity index (χ0v) is 18.5. The molecule has 2 aromatic rings. The summed E-state index contributed by atoms with van der Waals surface area (Å²) in [5, 5.41) is 11.7. The molecule has 1 amide bonds. The monoisotopic (exact) mass is 434 g/mol. The highest BCUT2D eigenvalue weighted by molar-refractivity contribution is 6.08. The van der Waals surface area contributed by atoms with Gasteiger partial charge in [-0.15, -0.1) is 0 Å². The lowest BCUT2D eigenvalue weighted by Crippen LogP contribution is -2.44. The molecule has 0 fully saturated rings. The number of anilines is 1. The first kappa shape index (κ1) is 21.7. The zero-order valence-electron chi connectivity index (χ0n) is 18.5. The van der Waals surface area contributed by atoms with Crippen LogP contribution in [0, 0.1) is 15.5 Å². The van der Waals surface area contributed by atoms with Gasteiger partial charge in [-0.3, -0.25) is 24.6 Å². The molecular weight excluding hydrogens is 408 g/mol. The van der Waals surface area contributed by atoms with Crippen LogP contribution in [0.4, 0.5) is 11.4 Å². The number of Topliss-reactive ketones (excluding diaryl/α,β-unsaturated/α-hetero) is 1. The Morgan fingerprint density at radius 3 is 2.44 bits per heavy atom. The molecule has 0 saturated carbocycles. The fourth-order valence-electron chi connectivity index (χ4n) is 4.75. The summed E-state index contributed by atoms with van der Waals surface area (Å²) < 4.78 is 5.52. The lowest BCUT2D eigenvalue weighted by atomic mass is 9.69. The van der Waals surface area contributed by atoms with Gasteiger partial charge in [-0.2, -0.15) is 0 Å². The summed E-state index contributed by atoms with van der Waals surface area (Å²) in [6.45, 7) is 6.42. The molecule has 1 aliphatic carbocycles. The van der Waals surface area contributed by atoms with E-state index in [1.54, 1.807) is 18.2 Å². The zero-order chi connectivity index (χ0) is 23.0. The molecular formula is C25H26N2O5. The number of amides is 1. The fraction of sp³-hybridized carbons (Fsp3) is 0.360. The number of ketones is 1. The van der Waals surface area contributed by atoms with E-state index in [1.165, 1.54) is 11.0 Å². The van der Waals surface area contributed by atoms with Crippen molar-refractivity contribution in [2.45, 2.75) is 46.0 Å². The van der Waals surface area contributed by atoms with Crippen LogP contribution in [-0.2, 0) is 9.59 Å². The van der Waals surface area contributed by atoms with Crippen molar-refractivity contribution in [1.82, 2.24) is 0 Å². The molecule has 4 rings (SSSR count). The minimum absolute atomic E-state index is 0.00813. The maximum atomic E-state index is 13.4. The van der Waals surface area contributed by atoms with Gasteiger partial charge in [0.1, 0.15) is 11.4 Å². The molecule has 2 aromatic carbocycles. The molecule has 32 heavy (non-hydrogen) atoms. The Morgan fingerprint density at radius 2 is 1.78 bits per heavy atom. The maximum absolute atomic E-state index is 13.4. The SMILES string of the molecule is CCOc1ccc(C2CC(=O)N(c3ccccc3[N+](=O)[O-])C3=C2C(=O)CC(C)(C)C3)cc1. The van der Waals surface area contributed by atoms with E-state index >= 15 is 0 Å². The van der Waals surface area contributed by atoms with E-state index < -0.39 is 4.92 Å². The summed E-state index contributed by atoms with van der Waals surface area (Å²) in [6, 6.07) is 13.7. The van der Waals surface area contributed by atoms with E-state index in [4.69, 9.17) is 4.74 Å². The highest BCUT2D eigenvalue weighted by atomic mass is 16.6. The molecule has 7 nitrogen and oxygen atoms in total. The van der Waals surface area contributed by atoms with Crippen molar-refractivity contribution in [3.8, 4) is 5.75 Å². The van der Waals surface area contributed by atoms with Crippen LogP contribution >= 0.6 is 0 Å². The van der Waals surface area contributed by atoms with Crippen molar-refractivity contribution in [2.24, 2.45) is 5.41 Å². The second-order valence-corrected chi connectivity index (χ2v) is 9.04. The second-order valence-electron chi connectivity index (χ2n) is 9.04. The van der Waals surface area contributed by atoms with Gasteiger partial charge >= 0.3 is 0 Å². The van der Waals surface area contributed by atoms with Crippen LogP contribution in [0.25, 0.3) is 0 Å². The number of nitro groups is 1. The van der Waals surface area contributed by atoms with Crippen LogP contribution in [0.5, 0.6) is 5.75 Å². The number of nitro benzene ring substituents is 1. The molecule has 7 heteroatoms. The maximum Gasteiger partial charge on any atom is 0.293 e. The van der Waals surface area contributed by atoms with E-state index in [9.17, 15) is 19.7 Å². The number of rotatable bonds is 5. The highest BCUT2D eigenvalue weighted by Crippen LogP contribution is 2.49. The van der Waals surface area contributed by atoms with Crippen molar-refractivity contribution >= 4 is 23.1 Å². The van der Waals surface area contributed by atoms with Gasteiger partial charge in [-0.1, -0.05) is 38.1 Å². The number of nitrogens with zero attached hydrogens (tertiary/aromatic N) is 2. The smallest absolute Gasteiger partial charge is 0.293 e. The van der Waals surface area contributed by atoms with Crippen molar-refractivity contribution in [1.29, 1.82) is 0 Å². The molecule has 0 N–H and O–H groups in total. The van der Waals surface area contributed by atoms with Gasteiger partial charge in [0, 0.05) is 36.1 Å². The first-order chi connectivity index (χ1) is 15.2. The lowest BCUT2D eigenvalue weighted by molar-refractivity contribution is -0.384. The predicted octanol–water partition coefficient (Wildman–Crippen LogP) is 5.16. The topological polar surface area (TPSA) is 89.8 Å². The second kappa shape index (κ2) is 8.22. The lowest BCUT2D eigenvalue weighted by Gasteiger charge is -2.42. The molecule has 1 aliphatic heterocycles. The highest BCUT2D eigenvalue weighted by Gasteiger charge is 2.45. The van der Waals surface area contributed by atoms with Crippen LogP contribution in [0.3, 0.4) is 0 Å². The number of ether oxygens (including phenoxy) is 1. The Labute approximate surface area is 186 Å². The third-order valence-electron chi connectivity index (χ3n) is 6.06. The molecule has 0 radical (unpaired) electrons. The number of benzene rings is 2. The van der Waals surface area contributed by atoms with Crippen LogP contribution in [0.2, 0.25) is 0 Å². The van der Waals surface area contributed by atoms with Crippen LogP contribution in [0.15, 0.2) is 59.8 Å². The Kier molecular flexibility index (Phi) is 5.59. The average Bonchev–Trinajstić information content (AvgIpc) is 2.73. The Bertz CT molecular complexity index is 1120. The van der Waals surface area contributed by atoms with E-state index in [-0.39, 0.29) is 40.8 Å². The summed E-state index contributed by atoms with van der Waals surface area (Å²) >= 11 is 0. The number of allylic oxidation sites excluding steroid dienone is 2. The van der Waals surface area contributed by atoms with E-state index in [1.807, 2.05) is 45.0 Å². The van der Waals surface area contributed by atoms with Crippen LogP contribution in [0.1, 0.15) is 51.5 Å². The Balaban J connectivity index is 1.87. The van der Waals surface area contributed by atoms with Gasteiger partial charge in [0.25, 0.3) is 5.69 Å². The molecule has 0 saturated heterocycles. The third kappa shape index (κ3) is 3.90. The number of carbonyl (C=O) groups is 2. The number of para-hydroxylation sites is 2. The van der Waals surface area contributed by atoms with Crippen molar-refractivity contribution in [3.05, 3.63) is 75.5 Å². The molecule has 0 spiro atoms. The Morgan fingerprint density at radius 1 is 1.09 bits per heavy atom. The molecule has 1 unspecified atom stereocenters. The molecule has 1 atom stereocenters. The molecule has 0 aromatic heterocycles. The largest absolute Gasteiger partial charge is 0.494 e. The first-order valence-corrected chi connectivity index (χ1v) is 10.8. The number of hydrogen-bond donors (Lipinski definition) is 0. The molecule has 0 bridgehead atoms. The van der Waals surface area contributed by atoms with Gasteiger partial charge in [0.2, 0.25) is 5.91 Å². The van der Waals surface area contributed by atoms with E-state index in [2.05, 4.69) is 0 Å². The predicted molar refractivity (Wildman–Crippen MR) is 121 cm³/mol. The normalized spacial score (nSPS) is 20.2. The van der Waals surface area contributed by atoms with E-state index in [0.29, 0.717) is 30.7 Å².